The minimum absolute atomic E-state index is 0.0456. The number of carbonyl (C=O) groups is 1. The van der Waals surface area contributed by atoms with Gasteiger partial charge in [0.1, 0.15) is 6.33 Å². The van der Waals surface area contributed by atoms with Crippen LogP contribution in [0.1, 0.15) is 27.3 Å². The molecule has 0 bridgehead atoms. The first-order valence-electron chi connectivity index (χ1n) is 5.75. The van der Waals surface area contributed by atoms with Crippen molar-refractivity contribution in [3.63, 3.8) is 0 Å². The summed E-state index contributed by atoms with van der Waals surface area (Å²) in [4.78, 5) is 18.6. The van der Waals surface area contributed by atoms with E-state index in [1.165, 1.54) is 23.5 Å². The fraction of sp³-hybridized carbons (Fsp3) is 0.214. The highest BCUT2D eigenvalue weighted by molar-refractivity contribution is 5.85. The second-order valence-electron chi connectivity index (χ2n) is 4.19. The van der Waals surface area contributed by atoms with E-state index >= 15 is 0 Å². The van der Waals surface area contributed by atoms with Crippen LogP contribution in [0, 0.1) is 6.92 Å². The number of aryl methyl sites for hydroxylation is 3. The van der Waals surface area contributed by atoms with Gasteiger partial charge in [0, 0.05) is 5.69 Å². The zero-order chi connectivity index (χ0) is 13.0. The van der Waals surface area contributed by atoms with Gasteiger partial charge in [-0.1, -0.05) is 29.8 Å². The molecule has 92 valence electrons. The van der Waals surface area contributed by atoms with Crippen molar-refractivity contribution in [2.24, 2.45) is 0 Å². The Bertz CT molecular complexity index is 567. The number of rotatable bonds is 4. The lowest BCUT2D eigenvalue weighted by atomic mass is 10.1. The Morgan fingerprint density at radius 1 is 1.22 bits per heavy atom. The molecular weight excluding hydrogens is 228 g/mol. The first kappa shape index (κ1) is 12.2. The van der Waals surface area contributed by atoms with Crippen LogP contribution in [0.3, 0.4) is 0 Å². The Morgan fingerprint density at radius 2 is 2.06 bits per heavy atom. The molecule has 0 fully saturated rings. The van der Waals surface area contributed by atoms with Gasteiger partial charge in [0.05, 0.1) is 0 Å². The van der Waals surface area contributed by atoms with Crippen LogP contribution >= 0.6 is 0 Å². The van der Waals surface area contributed by atoms with Crippen LogP contribution in [0.4, 0.5) is 0 Å². The van der Waals surface area contributed by atoms with Crippen molar-refractivity contribution in [2.75, 3.05) is 0 Å². The Kier molecular flexibility index (Phi) is 3.67. The molecule has 0 aliphatic rings. The third-order valence-corrected chi connectivity index (χ3v) is 2.70. The summed E-state index contributed by atoms with van der Waals surface area (Å²) >= 11 is 0. The SMILES string of the molecule is Cc1cccc(CCc2cc(C(=O)O)ncn2)c1. The minimum atomic E-state index is -1.02. The quantitative estimate of drug-likeness (QED) is 0.893. The number of carboxylic acid groups (broad SMARTS) is 1. The van der Waals surface area contributed by atoms with Crippen molar-refractivity contribution in [1.82, 2.24) is 9.97 Å². The lowest BCUT2D eigenvalue weighted by Gasteiger charge is -2.03. The van der Waals surface area contributed by atoms with Gasteiger partial charge in [-0.15, -0.1) is 0 Å². The zero-order valence-corrected chi connectivity index (χ0v) is 10.1. The van der Waals surface area contributed by atoms with Crippen molar-refractivity contribution in [1.29, 1.82) is 0 Å². The van der Waals surface area contributed by atoms with E-state index in [1.807, 2.05) is 6.07 Å². The van der Waals surface area contributed by atoms with Crippen LogP contribution in [0.15, 0.2) is 36.7 Å². The van der Waals surface area contributed by atoms with Crippen LogP contribution in [-0.2, 0) is 12.8 Å². The molecule has 0 amide bonds. The number of aromatic nitrogens is 2. The zero-order valence-electron chi connectivity index (χ0n) is 10.1. The number of carboxylic acids is 1. The molecule has 0 radical (unpaired) electrons. The van der Waals surface area contributed by atoms with E-state index in [9.17, 15) is 4.79 Å². The highest BCUT2D eigenvalue weighted by Gasteiger charge is 2.06. The summed E-state index contributed by atoms with van der Waals surface area (Å²) in [6.45, 7) is 2.05. The molecule has 0 aliphatic heterocycles. The molecule has 18 heavy (non-hydrogen) atoms. The van der Waals surface area contributed by atoms with Crippen molar-refractivity contribution in [2.45, 2.75) is 19.8 Å². The lowest BCUT2D eigenvalue weighted by Crippen LogP contribution is -2.03. The molecule has 1 aromatic carbocycles. The van der Waals surface area contributed by atoms with Crippen LogP contribution in [0.25, 0.3) is 0 Å². The molecule has 2 rings (SSSR count). The van der Waals surface area contributed by atoms with Crippen LogP contribution in [-0.4, -0.2) is 21.0 Å². The van der Waals surface area contributed by atoms with E-state index in [1.54, 1.807) is 0 Å². The Hall–Kier alpha value is -2.23. The summed E-state index contributed by atoms with van der Waals surface area (Å²) in [5, 5.41) is 8.84. The smallest absolute Gasteiger partial charge is 0.354 e. The van der Waals surface area contributed by atoms with Crippen molar-refractivity contribution >= 4 is 5.97 Å². The highest BCUT2D eigenvalue weighted by atomic mass is 16.4. The molecular formula is C14H14N2O2. The Labute approximate surface area is 105 Å². The molecule has 0 saturated carbocycles. The van der Waals surface area contributed by atoms with Crippen molar-refractivity contribution < 1.29 is 9.90 Å². The largest absolute Gasteiger partial charge is 0.477 e. The van der Waals surface area contributed by atoms with E-state index in [2.05, 4.69) is 35.1 Å². The fourth-order valence-corrected chi connectivity index (χ4v) is 1.79. The molecule has 1 aromatic heterocycles. The van der Waals surface area contributed by atoms with Crippen LogP contribution in [0.2, 0.25) is 0 Å². The van der Waals surface area contributed by atoms with Gasteiger partial charge in [-0.05, 0) is 31.4 Å². The van der Waals surface area contributed by atoms with E-state index in [4.69, 9.17) is 5.11 Å². The van der Waals surface area contributed by atoms with Gasteiger partial charge in [0.2, 0.25) is 0 Å². The normalized spacial score (nSPS) is 10.3. The van der Waals surface area contributed by atoms with Crippen LogP contribution in [0.5, 0.6) is 0 Å². The average Bonchev–Trinajstić information content (AvgIpc) is 2.37. The predicted molar refractivity (Wildman–Crippen MR) is 67.6 cm³/mol. The van der Waals surface area contributed by atoms with E-state index in [0.29, 0.717) is 6.42 Å². The van der Waals surface area contributed by atoms with Gasteiger partial charge in [-0.25, -0.2) is 14.8 Å². The molecule has 0 saturated heterocycles. The number of nitrogens with zero attached hydrogens (tertiary/aromatic N) is 2. The summed E-state index contributed by atoms with van der Waals surface area (Å²) in [6, 6.07) is 9.79. The first-order valence-corrected chi connectivity index (χ1v) is 5.75. The maximum absolute atomic E-state index is 10.8. The summed E-state index contributed by atoms with van der Waals surface area (Å²) < 4.78 is 0. The average molecular weight is 242 g/mol. The summed E-state index contributed by atoms with van der Waals surface area (Å²) in [7, 11) is 0. The molecule has 2 aromatic rings. The summed E-state index contributed by atoms with van der Waals surface area (Å²) in [5.41, 5.74) is 3.25. The molecule has 0 aliphatic carbocycles. The fourth-order valence-electron chi connectivity index (χ4n) is 1.79. The Morgan fingerprint density at radius 3 is 2.78 bits per heavy atom. The summed E-state index contributed by atoms with van der Waals surface area (Å²) in [6.07, 6.45) is 2.86. The Balaban J connectivity index is 2.06. The molecule has 4 heteroatoms. The monoisotopic (exact) mass is 242 g/mol. The standard InChI is InChI=1S/C14H14N2O2/c1-10-3-2-4-11(7-10)5-6-12-8-13(14(17)18)16-9-15-12/h2-4,7-9H,5-6H2,1H3,(H,17,18). The number of hydrogen-bond donors (Lipinski definition) is 1. The van der Waals surface area contributed by atoms with Gasteiger partial charge >= 0.3 is 5.97 Å². The van der Waals surface area contributed by atoms with Crippen LogP contribution < -0.4 is 0 Å². The minimum Gasteiger partial charge on any atom is -0.477 e. The molecule has 1 N–H and O–H groups in total. The second-order valence-corrected chi connectivity index (χ2v) is 4.19. The molecule has 1 heterocycles. The highest BCUT2D eigenvalue weighted by Crippen LogP contribution is 2.08. The maximum atomic E-state index is 10.8. The van der Waals surface area contributed by atoms with Crippen molar-refractivity contribution in [3.05, 3.63) is 59.2 Å². The van der Waals surface area contributed by atoms with Gasteiger partial charge in [0.25, 0.3) is 0 Å². The molecule has 4 nitrogen and oxygen atoms in total. The number of hydrogen-bond acceptors (Lipinski definition) is 3. The summed E-state index contributed by atoms with van der Waals surface area (Å²) in [5.74, 6) is -1.02. The predicted octanol–water partition coefficient (Wildman–Crippen LogP) is 2.27. The molecule has 0 unspecified atom stereocenters. The van der Waals surface area contributed by atoms with Gasteiger partial charge in [-0.2, -0.15) is 0 Å². The second kappa shape index (κ2) is 5.40. The third kappa shape index (κ3) is 3.13. The number of benzene rings is 1. The lowest BCUT2D eigenvalue weighted by molar-refractivity contribution is 0.0690. The molecule has 0 atom stereocenters. The maximum Gasteiger partial charge on any atom is 0.354 e. The van der Waals surface area contributed by atoms with Gasteiger partial charge < -0.3 is 5.11 Å². The van der Waals surface area contributed by atoms with E-state index in [-0.39, 0.29) is 5.69 Å². The topological polar surface area (TPSA) is 63.1 Å². The molecule has 0 spiro atoms. The van der Waals surface area contributed by atoms with E-state index < -0.39 is 5.97 Å². The van der Waals surface area contributed by atoms with E-state index in [0.717, 1.165) is 12.1 Å². The first-order chi connectivity index (χ1) is 8.65. The number of aromatic carboxylic acids is 1. The van der Waals surface area contributed by atoms with Gasteiger partial charge in [0.15, 0.2) is 5.69 Å². The van der Waals surface area contributed by atoms with Gasteiger partial charge in [-0.3, -0.25) is 0 Å². The third-order valence-electron chi connectivity index (χ3n) is 2.70. The van der Waals surface area contributed by atoms with Crippen molar-refractivity contribution in [3.8, 4) is 0 Å².